The predicted octanol–water partition coefficient (Wildman–Crippen LogP) is 1.32. The maximum atomic E-state index is 11.7. The molecule has 1 atom stereocenters. The molecule has 0 aliphatic carbocycles. The van der Waals surface area contributed by atoms with Crippen molar-refractivity contribution in [2.24, 2.45) is 5.92 Å². The maximum Gasteiger partial charge on any atom is 0.232 e. The van der Waals surface area contributed by atoms with Crippen LogP contribution in [0.3, 0.4) is 0 Å². The van der Waals surface area contributed by atoms with Crippen LogP contribution >= 0.6 is 0 Å². The zero-order chi connectivity index (χ0) is 12.0. The molecule has 1 N–H and O–H groups in total. The number of rotatable bonds is 7. The molecule has 1 rings (SSSR count). The highest BCUT2D eigenvalue weighted by atomic mass is 16.3. The fourth-order valence-corrected chi connectivity index (χ4v) is 2.17. The SMILES string of the molecule is CCN1C(=O)CC(CCCCCCO)C1=O. The molecule has 0 radical (unpaired) electrons. The predicted molar refractivity (Wildman–Crippen MR) is 60.7 cm³/mol. The van der Waals surface area contributed by atoms with Gasteiger partial charge in [0.15, 0.2) is 0 Å². The van der Waals surface area contributed by atoms with Gasteiger partial charge in [-0.2, -0.15) is 0 Å². The van der Waals surface area contributed by atoms with E-state index in [-0.39, 0.29) is 24.3 Å². The molecule has 0 saturated carbocycles. The summed E-state index contributed by atoms with van der Waals surface area (Å²) >= 11 is 0. The van der Waals surface area contributed by atoms with Crippen LogP contribution in [0, 0.1) is 5.92 Å². The Morgan fingerprint density at radius 3 is 2.50 bits per heavy atom. The highest BCUT2D eigenvalue weighted by Crippen LogP contribution is 2.24. The van der Waals surface area contributed by atoms with Crippen LogP contribution in [0.5, 0.6) is 0 Å². The molecule has 1 aliphatic heterocycles. The van der Waals surface area contributed by atoms with E-state index in [0.29, 0.717) is 13.0 Å². The first-order valence-corrected chi connectivity index (χ1v) is 6.15. The zero-order valence-electron chi connectivity index (χ0n) is 9.95. The Kier molecular flexibility index (Phi) is 5.46. The molecule has 1 unspecified atom stereocenters. The van der Waals surface area contributed by atoms with E-state index in [1.54, 1.807) is 0 Å². The van der Waals surface area contributed by atoms with Gasteiger partial charge in [-0.1, -0.05) is 19.3 Å². The molecular formula is C12H21NO3. The molecule has 0 aromatic carbocycles. The summed E-state index contributed by atoms with van der Waals surface area (Å²) < 4.78 is 0. The Bertz CT molecular complexity index is 253. The number of aliphatic hydroxyl groups excluding tert-OH is 1. The first-order chi connectivity index (χ1) is 7.70. The van der Waals surface area contributed by atoms with Gasteiger partial charge in [-0.25, -0.2) is 0 Å². The number of carbonyl (C=O) groups is 2. The summed E-state index contributed by atoms with van der Waals surface area (Å²) in [6, 6.07) is 0. The molecular weight excluding hydrogens is 206 g/mol. The minimum absolute atomic E-state index is 0.00894. The molecule has 4 heteroatoms. The smallest absolute Gasteiger partial charge is 0.232 e. The lowest BCUT2D eigenvalue weighted by Gasteiger charge is -2.11. The molecule has 0 aromatic rings. The summed E-state index contributed by atoms with van der Waals surface area (Å²) in [5.74, 6) is -0.0934. The van der Waals surface area contributed by atoms with E-state index in [0.717, 1.165) is 32.1 Å². The molecule has 1 aliphatic rings. The summed E-state index contributed by atoms with van der Waals surface area (Å²) in [7, 11) is 0. The van der Waals surface area contributed by atoms with Crippen molar-refractivity contribution in [3.8, 4) is 0 Å². The zero-order valence-corrected chi connectivity index (χ0v) is 9.95. The monoisotopic (exact) mass is 227 g/mol. The number of hydrogen-bond donors (Lipinski definition) is 1. The van der Waals surface area contributed by atoms with E-state index in [1.807, 2.05) is 6.92 Å². The number of likely N-dealkylation sites (tertiary alicyclic amines) is 1. The molecule has 0 aromatic heterocycles. The van der Waals surface area contributed by atoms with Gasteiger partial charge in [-0.15, -0.1) is 0 Å². The summed E-state index contributed by atoms with van der Waals surface area (Å²) in [5, 5.41) is 8.62. The van der Waals surface area contributed by atoms with Gasteiger partial charge in [-0.05, 0) is 19.8 Å². The standard InChI is InChI=1S/C12H21NO3/c1-2-13-11(15)9-10(12(13)16)7-5-3-4-6-8-14/h10,14H,2-9H2,1H3. The lowest BCUT2D eigenvalue weighted by atomic mass is 9.99. The summed E-state index contributed by atoms with van der Waals surface area (Å²) in [4.78, 5) is 24.5. The van der Waals surface area contributed by atoms with E-state index in [2.05, 4.69) is 0 Å². The fourth-order valence-electron chi connectivity index (χ4n) is 2.17. The lowest BCUT2D eigenvalue weighted by molar-refractivity contribution is -0.139. The maximum absolute atomic E-state index is 11.7. The number of imide groups is 1. The van der Waals surface area contributed by atoms with Gasteiger partial charge >= 0.3 is 0 Å². The summed E-state index contributed by atoms with van der Waals surface area (Å²) in [5.41, 5.74) is 0. The second-order valence-corrected chi connectivity index (χ2v) is 4.30. The Hall–Kier alpha value is -0.900. The third kappa shape index (κ3) is 3.30. The van der Waals surface area contributed by atoms with E-state index >= 15 is 0 Å². The van der Waals surface area contributed by atoms with Crippen LogP contribution < -0.4 is 0 Å². The van der Waals surface area contributed by atoms with Crippen molar-refractivity contribution in [3.63, 3.8) is 0 Å². The van der Waals surface area contributed by atoms with Crippen LogP contribution in [-0.4, -0.2) is 35.0 Å². The fraction of sp³-hybridized carbons (Fsp3) is 0.833. The van der Waals surface area contributed by atoms with Gasteiger partial charge in [-0.3, -0.25) is 14.5 Å². The molecule has 4 nitrogen and oxygen atoms in total. The van der Waals surface area contributed by atoms with Crippen LogP contribution in [-0.2, 0) is 9.59 Å². The van der Waals surface area contributed by atoms with Gasteiger partial charge in [0.1, 0.15) is 0 Å². The van der Waals surface area contributed by atoms with Crippen LogP contribution in [0.25, 0.3) is 0 Å². The Morgan fingerprint density at radius 2 is 1.94 bits per heavy atom. The highest BCUT2D eigenvalue weighted by Gasteiger charge is 2.36. The topological polar surface area (TPSA) is 57.6 Å². The number of nitrogens with zero attached hydrogens (tertiary/aromatic N) is 1. The van der Waals surface area contributed by atoms with Crippen LogP contribution in [0.1, 0.15) is 45.4 Å². The van der Waals surface area contributed by atoms with Crippen molar-refractivity contribution in [2.45, 2.75) is 45.4 Å². The Morgan fingerprint density at radius 1 is 1.25 bits per heavy atom. The average molecular weight is 227 g/mol. The lowest BCUT2D eigenvalue weighted by Crippen LogP contribution is -2.30. The largest absolute Gasteiger partial charge is 0.396 e. The van der Waals surface area contributed by atoms with Gasteiger partial charge in [0.25, 0.3) is 0 Å². The Balaban J connectivity index is 2.23. The molecule has 1 fully saturated rings. The van der Waals surface area contributed by atoms with Gasteiger partial charge in [0.2, 0.25) is 11.8 Å². The van der Waals surface area contributed by atoms with E-state index in [9.17, 15) is 9.59 Å². The third-order valence-electron chi connectivity index (χ3n) is 3.11. The molecule has 0 spiro atoms. The second-order valence-electron chi connectivity index (χ2n) is 4.30. The average Bonchev–Trinajstić information content (AvgIpc) is 2.53. The minimum Gasteiger partial charge on any atom is -0.396 e. The van der Waals surface area contributed by atoms with Crippen LogP contribution in [0.15, 0.2) is 0 Å². The molecule has 0 bridgehead atoms. The molecule has 92 valence electrons. The first kappa shape index (κ1) is 13.2. The third-order valence-corrected chi connectivity index (χ3v) is 3.11. The van der Waals surface area contributed by atoms with E-state index < -0.39 is 0 Å². The molecule has 16 heavy (non-hydrogen) atoms. The van der Waals surface area contributed by atoms with Gasteiger partial charge in [0.05, 0.1) is 0 Å². The second kappa shape index (κ2) is 6.63. The molecule has 2 amide bonds. The number of aliphatic hydroxyl groups is 1. The number of amides is 2. The first-order valence-electron chi connectivity index (χ1n) is 6.15. The quantitative estimate of drug-likeness (QED) is 0.527. The van der Waals surface area contributed by atoms with Gasteiger partial charge < -0.3 is 5.11 Å². The molecule has 1 saturated heterocycles. The van der Waals surface area contributed by atoms with Crippen molar-refractivity contribution < 1.29 is 14.7 Å². The van der Waals surface area contributed by atoms with E-state index in [1.165, 1.54) is 4.90 Å². The highest BCUT2D eigenvalue weighted by molar-refractivity contribution is 6.03. The van der Waals surface area contributed by atoms with Crippen molar-refractivity contribution >= 4 is 11.8 Å². The van der Waals surface area contributed by atoms with Crippen LogP contribution in [0.4, 0.5) is 0 Å². The van der Waals surface area contributed by atoms with Gasteiger partial charge in [0, 0.05) is 25.5 Å². The normalized spacial score (nSPS) is 20.9. The molecule has 1 heterocycles. The van der Waals surface area contributed by atoms with Crippen LogP contribution in [0.2, 0.25) is 0 Å². The summed E-state index contributed by atoms with van der Waals surface area (Å²) in [6.07, 6.45) is 5.05. The number of carbonyl (C=O) groups excluding carboxylic acids is 2. The van der Waals surface area contributed by atoms with Crippen molar-refractivity contribution in [3.05, 3.63) is 0 Å². The number of unbranched alkanes of at least 4 members (excludes halogenated alkanes) is 3. The van der Waals surface area contributed by atoms with Crippen molar-refractivity contribution in [2.75, 3.05) is 13.2 Å². The Labute approximate surface area is 96.6 Å². The van der Waals surface area contributed by atoms with Crippen molar-refractivity contribution in [1.82, 2.24) is 4.90 Å². The van der Waals surface area contributed by atoms with Crippen molar-refractivity contribution in [1.29, 1.82) is 0 Å². The van der Waals surface area contributed by atoms with E-state index in [4.69, 9.17) is 5.11 Å². The number of hydrogen-bond acceptors (Lipinski definition) is 3. The minimum atomic E-state index is -0.0819. The summed E-state index contributed by atoms with van der Waals surface area (Å²) in [6.45, 7) is 2.57.